The fourth-order valence-electron chi connectivity index (χ4n) is 2.92. The minimum absolute atomic E-state index is 0.0273. The monoisotopic (exact) mass is 410 g/mol. The Morgan fingerprint density at radius 1 is 0.862 bits per heavy atom. The molecule has 0 fully saturated rings. The van der Waals surface area contributed by atoms with Gasteiger partial charge in [-0.1, -0.05) is 24.9 Å². The number of benzene rings is 3. The van der Waals surface area contributed by atoms with Crippen LogP contribution in [0.1, 0.15) is 29.3 Å². The standard InChI is InChI=1S/C24H23ClO4/c1-3-4-17-15-22(29-21-7-5-18(25)6-8-21)13-14-23(17)24(26)16-28-20-11-9-19(27-2)10-12-20/h5-15H,3-4,16H2,1-2H3. The third-order valence-electron chi connectivity index (χ3n) is 4.38. The van der Waals surface area contributed by atoms with Gasteiger partial charge in [-0.15, -0.1) is 0 Å². The molecule has 0 N–H and O–H groups in total. The van der Waals surface area contributed by atoms with Crippen molar-refractivity contribution in [1.29, 1.82) is 0 Å². The van der Waals surface area contributed by atoms with Gasteiger partial charge in [0, 0.05) is 10.6 Å². The van der Waals surface area contributed by atoms with Crippen molar-refractivity contribution in [2.45, 2.75) is 19.8 Å². The van der Waals surface area contributed by atoms with Gasteiger partial charge in [-0.3, -0.25) is 4.79 Å². The number of hydrogen-bond acceptors (Lipinski definition) is 4. The summed E-state index contributed by atoms with van der Waals surface area (Å²) in [6.07, 6.45) is 1.70. The molecule has 0 aromatic heterocycles. The molecule has 0 bridgehead atoms. The minimum Gasteiger partial charge on any atom is -0.497 e. The van der Waals surface area contributed by atoms with E-state index >= 15 is 0 Å². The van der Waals surface area contributed by atoms with Crippen LogP contribution in [0, 0.1) is 0 Å². The summed E-state index contributed by atoms with van der Waals surface area (Å²) in [5.41, 5.74) is 1.60. The molecule has 0 heterocycles. The van der Waals surface area contributed by atoms with Crippen molar-refractivity contribution in [2.24, 2.45) is 0 Å². The average molecular weight is 411 g/mol. The van der Waals surface area contributed by atoms with E-state index in [2.05, 4.69) is 6.92 Å². The number of ether oxygens (including phenoxy) is 3. The van der Waals surface area contributed by atoms with Crippen LogP contribution in [-0.2, 0) is 6.42 Å². The maximum absolute atomic E-state index is 12.7. The predicted molar refractivity (Wildman–Crippen MR) is 115 cm³/mol. The Kier molecular flexibility index (Phi) is 7.14. The fraction of sp³-hybridized carbons (Fsp3) is 0.208. The van der Waals surface area contributed by atoms with Crippen LogP contribution in [0.4, 0.5) is 0 Å². The Morgan fingerprint density at radius 3 is 2.14 bits per heavy atom. The zero-order valence-electron chi connectivity index (χ0n) is 16.5. The molecular weight excluding hydrogens is 388 g/mol. The Labute approximate surface area is 176 Å². The molecule has 0 unspecified atom stereocenters. The first-order chi connectivity index (χ1) is 14.1. The number of methoxy groups -OCH3 is 1. The zero-order valence-corrected chi connectivity index (χ0v) is 17.2. The quantitative estimate of drug-likeness (QED) is 0.385. The highest BCUT2D eigenvalue weighted by Gasteiger charge is 2.14. The summed E-state index contributed by atoms with van der Waals surface area (Å²) in [5, 5.41) is 0.654. The van der Waals surface area contributed by atoms with E-state index in [0.717, 1.165) is 24.2 Å². The molecule has 29 heavy (non-hydrogen) atoms. The summed E-state index contributed by atoms with van der Waals surface area (Å²) in [6, 6.07) is 19.8. The van der Waals surface area contributed by atoms with E-state index in [0.29, 0.717) is 27.8 Å². The summed E-state index contributed by atoms with van der Waals surface area (Å²) in [6.45, 7) is 2.05. The van der Waals surface area contributed by atoms with Gasteiger partial charge in [-0.05, 0) is 78.7 Å². The van der Waals surface area contributed by atoms with Crippen LogP contribution >= 0.6 is 11.6 Å². The van der Waals surface area contributed by atoms with Crippen LogP contribution in [0.25, 0.3) is 0 Å². The summed E-state index contributed by atoms with van der Waals surface area (Å²) >= 11 is 5.91. The minimum atomic E-state index is -0.0673. The van der Waals surface area contributed by atoms with Crippen LogP contribution in [0.15, 0.2) is 66.7 Å². The summed E-state index contributed by atoms with van der Waals surface area (Å²) < 4.78 is 16.7. The lowest BCUT2D eigenvalue weighted by atomic mass is 9.99. The largest absolute Gasteiger partial charge is 0.497 e. The van der Waals surface area contributed by atoms with Gasteiger partial charge in [0.1, 0.15) is 23.0 Å². The van der Waals surface area contributed by atoms with E-state index in [4.69, 9.17) is 25.8 Å². The summed E-state index contributed by atoms with van der Waals surface area (Å²) in [4.78, 5) is 12.7. The maximum Gasteiger partial charge on any atom is 0.200 e. The van der Waals surface area contributed by atoms with Crippen LogP contribution in [0.3, 0.4) is 0 Å². The molecule has 0 radical (unpaired) electrons. The van der Waals surface area contributed by atoms with E-state index in [9.17, 15) is 4.79 Å². The van der Waals surface area contributed by atoms with Gasteiger partial charge in [0.25, 0.3) is 0 Å². The van der Waals surface area contributed by atoms with Crippen molar-refractivity contribution in [3.63, 3.8) is 0 Å². The van der Waals surface area contributed by atoms with Gasteiger partial charge < -0.3 is 14.2 Å². The number of ketones is 1. The molecule has 150 valence electrons. The lowest BCUT2D eigenvalue weighted by molar-refractivity contribution is 0.0920. The Hall–Kier alpha value is -2.98. The summed E-state index contributed by atoms with van der Waals surface area (Å²) in [5.74, 6) is 2.67. The number of aryl methyl sites for hydroxylation is 1. The van der Waals surface area contributed by atoms with Crippen molar-refractivity contribution >= 4 is 17.4 Å². The van der Waals surface area contributed by atoms with Gasteiger partial charge >= 0.3 is 0 Å². The third-order valence-corrected chi connectivity index (χ3v) is 4.63. The number of hydrogen-bond donors (Lipinski definition) is 0. The number of rotatable bonds is 9. The molecule has 0 aliphatic rings. The molecule has 0 atom stereocenters. The molecule has 3 aromatic rings. The first-order valence-electron chi connectivity index (χ1n) is 9.45. The predicted octanol–water partition coefficient (Wildman–Crippen LogP) is 6.36. The van der Waals surface area contributed by atoms with E-state index in [-0.39, 0.29) is 12.4 Å². The number of Topliss-reactive ketones (excluding diaryl/α,β-unsaturated/α-hetero) is 1. The Morgan fingerprint density at radius 2 is 1.48 bits per heavy atom. The van der Waals surface area contributed by atoms with Crippen LogP contribution in [0.5, 0.6) is 23.0 Å². The molecule has 0 amide bonds. The highest BCUT2D eigenvalue weighted by atomic mass is 35.5. The van der Waals surface area contributed by atoms with Gasteiger partial charge in [-0.2, -0.15) is 0 Å². The van der Waals surface area contributed by atoms with Crippen molar-refractivity contribution < 1.29 is 19.0 Å². The average Bonchev–Trinajstić information content (AvgIpc) is 2.74. The maximum atomic E-state index is 12.7. The van der Waals surface area contributed by atoms with Crippen molar-refractivity contribution in [3.05, 3.63) is 82.9 Å². The molecule has 0 saturated carbocycles. The molecule has 4 nitrogen and oxygen atoms in total. The molecule has 0 aliphatic carbocycles. The Balaban J connectivity index is 1.71. The van der Waals surface area contributed by atoms with E-state index in [1.165, 1.54) is 0 Å². The smallest absolute Gasteiger partial charge is 0.200 e. The van der Waals surface area contributed by atoms with E-state index < -0.39 is 0 Å². The number of halogens is 1. The normalized spacial score (nSPS) is 10.4. The van der Waals surface area contributed by atoms with Crippen molar-refractivity contribution in [3.8, 4) is 23.0 Å². The number of carbonyl (C=O) groups is 1. The molecule has 3 rings (SSSR count). The van der Waals surface area contributed by atoms with E-state index in [1.54, 1.807) is 55.6 Å². The topological polar surface area (TPSA) is 44.8 Å². The lowest BCUT2D eigenvalue weighted by Crippen LogP contribution is -2.14. The fourth-order valence-corrected chi connectivity index (χ4v) is 3.05. The van der Waals surface area contributed by atoms with E-state index in [1.807, 2.05) is 18.2 Å². The second-order valence-corrected chi connectivity index (χ2v) is 6.95. The molecule has 5 heteroatoms. The summed E-state index contributed by atoms with van der Waals surface area (Å²) in [7, 11) is 1.61. The first kappa shape index (κ1) is 20.7. The molecule has 3 aromatic carbocycles. The zero-order chi connectivity index (χ0) is 20.6. The van der Waals surface area contributed by atoms with Crippen LogP contribution in [0.2, 0.25) is 5.02 Å². The molecule has 0 saturated heterocycles. The lowest BCUT2D eigenvalue weighted by Gasteiger charge is -2.12. The van der Waals surface area contributed by atoms with Gasteiger partial charge in [0.05, 0.1) is 7.11 Å². The van der Waals surface area contributed by atoms with Crippen LogP contribution < -0.4 is 14.2 Å². The second kappa shape index (κ2) is 9.99. The highest BCUT2D eigenvalue weighted by molar-refractivity contribution is 6.30. The molecule has 0 aliphatic heterocycles. The highest BCUT2D eigenvalue weighted by Crippen LogP contribution is 2.26. The third kappa shape index (κ3) is 5.75. The molecule has 0 spiro atoms. The van der Waals surface area contributed by atoms with Crippen molar-refractivity contribution in [2.75, 3.05) is 13.7 Å². The Bertz CT molecular complexity index is 950. The first-order valence-corrected chi connectivity index (χ1v) is 9.83. The van der Waals surface area contributed by atoms with Gasteiger partial charge in [0.15, 0.2) is 12.4 Å². The molecular formula is C24H23ClO4. The second-order valence-electron chi connectivity index (χ2n) is 6.51. The van der Waals surface area contributed by atoms with Crippen LogP contribution in [-0.4, -0.2) is 19.5 Å². The SMILES string of the molecule is CCCc1cc(Oc2ccc(Cl)cc2)ccc1C(=O)COc1ccc(OC)cc1. The van der Waals surface area contributed by atoms with Crippen molar-refractivity contribution in [1.82, 2.24) is 0 Å². The van der Waals surface area contributed by atoms with Gasteiger partial charge in [0.2, 0.25) is 0 Å². The number of carbonyl (C=O) groups excluding carboxylic acids is 1. The van der Waals surface area contributed by atoms with Gasteiger partial charge in [-0.25, -0.2) is 0 Å².